The van der Waals surface area contributed by atoms with E-state index >= 15 is 0 Å². The first-order valence-corrected chi connectivity index (χ1v) is 12.7. The molecule has 0 saturated carbocycles. The number of allylic oxidation sites excluding steroid dienone is 1. The monoisotopic (exact) mass is 498 g/mol. The first-order chi connectivity index (χ1) is 17.5. The number of hydrogen-bond acceptors (Lipinski definition) is 5. The van der Waals surface area contributed by atoms with Gasteiger partial charge in [0, 0.05) is 5.56 Å². The third-order valence-electron chi connectivity index (χ3n) is 6.64. The highest BCUT2D eigenvalue weighted by Gasteiger charge is 2.32. The van der Waals surface area contributed by atoms with E-state index in [0.29, 0.717) is 21.7 Å². The zero-order valence-corrected chi connectivity index (χ0v) is 20.4. The minimum atomic E-state index is -0.355. The number of nitrogens with zero attached hydrogens (tertiary/aromatic N) is 2. The van der Waals surface area contributed by atoms with Crippen molar-refractivity contribution in [3.8, 4) is 11.5 Å². The van der Waals surface area contributed by atoms with Crippen LogP contribution in [0.2, 0.25) is 0 Å². The largest absolute Gasteiger partial charge is 0.504 e. The van der Waals surface area contributed by atoms with Gasteiger partial charge >= 0.3 is 0 Å². The molecule has 0 fully saturated rings. The summed E-state index contributed by atoms with van der Waals surface area (Å²) in [6.45, 7) is 2.27. The normalized spacial score (nSPS) is 16.7. The maximum Gasteiger partial charge on any atom is 0.271 e. The third kappa shape index (κ3) is 3.76. The lowest BCUT2D eigenvalue weighted by Crippen LogP contribution is -2.38. The van der Waals surface area contributed by atoms with E-state index in [1.807, 2.05) is 19.1 Å². The number of ether oxygens (including phenoxy) is 1. The Bertz CT molecular complexity index is 1700. The number of rotatable bonds is 4. The molecule has 3 aromatic carbocycles. The Hall–Kier alpha value is -3.97. The summed E-state index contributed by atoms with van der Waals surface area (Å²) in [6, 6.07) is 19.3. The van der Waals surface area contributed by atoms with Crippen LogP contribution in [-0.4, -0.2) is 16.3 Å². The molecular weight excluding hydrogens is 475 g/mol. The predicted octanol–water partition coefficient (Wildman–Crippen LogP) is 4.56. The number of phenols is 1. The smallest absolute Gasteiger partial charge is 0.271 e. The highest BCUT2D eigenvalue weighted by atomic mass is 32.1. The van der Waals surface area contributed by atoms with E-state index in [2.05, 4.69) is 12.1 Å². The summed E-state index contributed by atoms with van der Waals surface area (Å²) in [5, 5.41) is 10.0. The molecule has 5 nitrogen and oxygen atoms in total. The number of benzene rings is 3. The van der Waals surface area contributed by atoms with Crippen molar-refractivity contribution >= 4 is 23.1 Å². The van der Waals surface area contributed by atoms with Gasteiger partial charge in [0.2, 0.25) is 0 Å². The maximum atomic E-state index is 13.8. The van der Waals surface area contributed by atoms with Gasteiger partial charge in [-0.25, -0.2) is 9.38 Å². The topological polar surface area (TPSA) is 63.8 Å². The summed E-state index contributed by atoms with van der Waals surface area (Å²) in [6.07, 6.45) is 3.43. The van der Waals surface area contributed by atoms with E-state index in [0.717, 1.165) is 40.8 Å². The Morgan fingerprint density at radius 3 is 2.75 bits per heavy atom. The Morgan fingerprint density at radius 2 is 1.94 bits per heavy atom. The van der Waals surface area contributed by atoms with E-state index in [4.69, 9.17) is 9.73 Å². The molecule has 1 N–H and O–H groups in total. The van der Waals surface area contributed by atoms with E-state index in [1.54, 1.807) is 41.0 Å². The summed E-state index contributed by atoms with van der Waals surface area (Å²) in [5.74, 6) is 0.111. The second-order valence-electron chi connectivity index (χ2n) is 8.83. The summed E-state index contributed by atoms with van der Waals surface area (Å²) < 4.78 is 21.6. The summed E-state index contributed by atoms with van der Waals surface area (Å²) in [7, 11) is 0. The fourth-order valence-electron chi connectivity index (χ4n) is 5.01. The van der Waals surface area contributed by atoms with Gasteiger partial charge in [-0.1, -0.05) is 53.8 Å². The van der Waals surface area contributed by atoms with E-state index in [1.165, 1.54) is 29.0 Å². The molecule has 2 heterocycles. The van der Waals surface area contributed by atoms with E-state index in [-0.39, 0.29) is 23.2 Å². The van der Waals surface area contributed by atoms with Crippen molar-refractivity contribution in [2.75, 3.05) is 6.61 Å². The Labute approximate surface area is 210 Å². The van der Waals surface area contributed by atoms with Gasteiger partial charge in [-0.2, -0.15) is 0 Å². The number of thiazole rings is 1. The Kier molecular flexibility index (Phi) is 5.57. The standard InChI is InChI=1S/C29H23FN2O3S/c1-2-35-24-15-17(7-14-23(24)33)16-25-28(34)32-27(19-8-11-20(30)12-9-19)22-13-10-18-5-3-4-6-21(18)26(22)31-29(32)36-25/h3-9,11-12,14-16,27,33H,2,10,13H2,1H3/b25-16+/t27-/m0/s1. The zero-order valence-electron chi connectivity index (χ0n) is 19.6. The van der Waals surface area contributed by atoms with Gasteiger partial charge in [0.05, 0.1) is 22.9 Å². The van der Waals surface area contributed by atoms with Gasteiger partial charge in [0.1, 0.15) is 5.82 Å². The number of halogens is 1. The second kappa shape index (κ2) is 8.91. The van der Waals surface area contributed by atoms with Crippen LogP contribution in [0.3, 0.4) is 0 Å². The molecule has 36 heavy (non-hydrogen) atoms. The van der Waals surface area contributed by atoms with Crippen molar-refractivity contribution in [1.29, 1.82) is 0 Å². The number of aryl methyl sites for hydroxylation is 1. The second-order valence-corrected chi connectivity index (χ2v) is 9.83. The van der Waals surface area contributed by atoms with Crippen molar-refractivity contribution in [2.45, 2.75) is 25.8 Å². The highest BCUT2D eigenvalue weighted by molar-refractivity contribution is 7.07. The lowest BCUT2D eigenvalue weighted by Gasteiger charge is -2.30. The van der Waals surface area contributed by atoms with Crippen molar-refractivity contribution < 1.29 is 14.2 Å². The van der Waals surface area contributed by atoms with E-state index in [9.17, 15) is 14.3 Å². The number of aromatic nitrogens is 1. The molecule has 0 radical (unpaired) electrons. The average molecular weight is 499 g/mol. The third-order valence-corrected chi connectivity index (χ3v) is 7.62. The van der Waals surface area contributed by atoms with Gasteiger partial charge in [-0.3, -0.25) is 9.36 Å². The summed E-state index contributed by atoms with van der Waals surface area (Å²) >= 11 is 1.33. The number of phenolic OH excluding ortho intramolecular Hbond substituents is 1. The van der Waals surface area contributed by atoms with Crippen molar-refractivity contribution in [2.24, 2.45) is 4.99 Å². The number of hydrogen-bond donors (Lipinski definition) is 1. The first kappa shape index (κ1) is 22.5. The number of aromatic hydroxyl groups is 1. The quantitative estimate of drug-likeness (QED) is 0.449. The fourth-order valence-corrected chi connectivity index (χ4v) is 6.01. The molecule has 1 aliphatic heterocycles. The maximum absolute atomic E-state index is 13.8. The lowest BCUT2D eigenvalue weighted by atomic mass is 9.83. The van der Waals surface area contributed by atoms with Crippen LogP contribution in [0, 0.1) is 5.82 Å². The minimum absolute atomic E-state index is 0.0538. The molecular formula is C29H23FN2O3S. The SMILES string of the molecule is CCOc1cc(/C=c2/sc3n(c2=O)[C@@H](c2ccc(F)cc2)C2=C(N=3)c3ccccc3CC2)ccc1O. The van der Waals surface area contributed by atoms with Crippen molar-refractivity contribution in [3.05, 3.63) is 120 Å². The fraction of sp³-hybridized carbons (Fsp3) is 0.172. The average Bonchev–Trinajstić information content (AvgIpc) is 3.20. The molecule has 1 atom stereocenters. The highest BCUT2D eigenvalue weighted by Crippen LogP contribution is 2.41. The van der Waals surface area contributed by atoms with Crippen molar-refractivity contribution in [3.63, 3.8) is 0 Å². The molecule has 0 saturated heterocycles. The molecule has 0 spiro atoms. The van der Waals surface area contributed by atoms with Crippen LogP contribution in [0.5, 0.6) is 11.5 Å². The van der Waals surface area contributed by atoms with Crippen LogP contribution in [-0.2, 0) is 6.42 Å². The van der Waals surface area contributed by atoms with Gasteiger partial charge in [0.15, 0.2) is 16.3 Å². The first-order valence-electron chi connectivity index (χ1n) is 11.9. The molecule has 7 heteroatoms. The van der Waals surface area contributed by atoms with Crippen LogP contribution in [0.15, 0.2) is 82.1 Å². The molecule has 180 valence electrons. The summed E-state index contributed by atoms with van der Waals surface area (Å²) in [4.78, 5) is 19.4. The van der Waals surface area contributed by atoms with Crippen LogP contribution in [0.25, 0.3) is 11.8 Å². The Balaban J connectivity index is 1.58. The van der Waals surface area contributed by atoms with Crippen LogP contribution in [0.1, 0.15) is 41.6 Å². The molecule has 2 aliphatic rings. The minimum Gasteiger partial charge on any atom is -0.504 e. The van der Waals surface area contributed by atoms with E-state index < -0.39 is 0 Å². The molecule has 0 bridgehead atoms. The molecule has 1 aliphatic carbocycles. The molecule has 6 rings (SSSR count). The van der Waals surface area contributed by atoms with Gasteiger partial charge in [-0.15, -0.1) is 0 Å². The van der Waals surface area contributed by atoms with Gasteiger partial charge in [0.25, 0.3) is 5.56 Å². The molecule has 0 unspecified atom stereocenters. The van der Waals surface area contributed by atoms with Crippen molar-refractivity contribution in [1.82, 2.24) is 4.57 Å². The van der Waals surface area contributed by atoms with Crippen LogP contribution < -0.4 is 19.6 Å². The van der Waals surface area contributed by atoms with Gasteiger partial charge < -0.3 is 9.84 Å². The zero-order chi connectivity index (χ0) is 24.8. The molecule has 4 aromatic rings. The lowest BCUT2D eigenvalue weighted by molar-refractivity contribution is 0.318. The van der Waals surface area contributed by atoms with Crippen LogP contribution in [0.4, 0.5) is 4.39 Å². The van der Waals surface area contributed by atoms with Gasteiger partial charge in [-0.05, 0) is 72.4 Å². The summed E-state index contributed by atoms with van der Waals surface area (Å²) in [5.41, 5.74) is 5.75. The Morgan fingerprint density at radius 1 is 1.14 bits per heavy atom. The predicted molar refractivity (Wildman–Crippen MR) is 138 cm³/mol. The number of fused-ring (bicyclic) bond motifs is 3. The molecule has 1 aromatic heterocycles. The van der Waals surface area contributed by atoms with Crippen LogP contribution >= 0.6 is 11.3 Å². The molecule has 0 amide bonds.